The molecule has 50 heavy (non-hydrogen) atoms. The van der Waals surface area contributed by atoms with Gasteiger partial charge >= 0.3 is 82.6 Å². The fourth-order valence-corrected chi connectivity index (χ4v) is 7.47. The minimum atomic E-state index is -5.52. The van der Waals surface area contributed by atoms with Crippen LogP contribution in [0.1, 0.15) is 22.8 Å². The van der Waals surface area contributed by atoms with Gasteiger partial charge < -0.3 is 55.8 Å². The minimum absolute atomic E-state index is 0. The standard InChI is InChI=1S/C21H28N7O17P3.2Na.2H/c22-17-12-19(25-7-24-17)28(8-26-12)21-16(44-46(33,34)35)14(30)11(43-21)6-41-48(38,39)45-47(36,37)40-5-10-13(29)15(31)20(42-10)27-3-1-2-9(4-27)18(23)32;;;;/h1-4,7-8,10-11,13-16,20-21,29-31H,5-6H2,(H7-,22,23,24,25,32,33,34,35,36,37,38,39);;;;/p+1/t10-,11-,13-,14-,15-,16-,20-,21-;;;;/m1..../s1. The van der Waals surface area contributed by atoms with E-state index in [1.807, 2.05) is 0 Å². The van der Waals surface area contributed by atoms with Crippen molar-refractivity contribution in [3.8, 4) is 0 Å². The molecule has 2 aliphatic rings. The van der Waals surface area contributed by atoms with Gasteiger partial charge in [-0.2, -0.15) is 8.88 Å². The van der Waals surface area contributed by atoms with Crippen molar-refractivity contribution in [3.05, 3.63) is 42.7 Å². The van der Waals surface area contributed by atoms with Crippen LogP contribution in [0.15, 0.2) is 37.2 Å². The summed E-state index contributed by atoms with van der Waals surface area (Å²) in [4.78, 5) is 62.2. The van der Waals surface area contributed by atoms with E-state index in [9.17, 15) is 53.4 Å². The number of aliphatic hydroxyl groups excluding tert-OH is 3. The third-order valence-corrected chi connectivity index (χ3v) is 10.1. The van der Waals surface area contributed by atoms with E-state index in [0.29, 0.717) is 0 Å². The Labute approximate surface area is 324 Å². The van der Waals surface area contributed by atoms with E-state index in [1.54, 1.807) is 0 Å². The number of ether oxygens (including phenoxy) is 2. The number of nitrogens with zero attached hydrogens (tertiary/aromatic N) is 5. The third kappa shape index (κ3) is 10.2. The fourth-order valence-electron chi connectivity index (χ4n) is 4.83. The Bertz CT molecular complexity index is 1820. The number of aromatic nitrogens is 5. The SMILES string of the molecule is NC(=O)c1ccc[n+]([C@@H]2O[C@H](COP(=O)(O)OP(=O)(O)OC[C@H]3O[C@@H](n4cnc5c(N)ncnc54)[C@H](OP(=O)(O)O)[C@@H]3O)[C@@H](O)[C@H]2O)c1.[NaH].[NaH]. The third-order valence-electron chi connectivity index (χ3n) is 6.98. The first-order valence-electron chi connectivity index (χ1n) is 13.3. The Hall–Kier alpha value is -0.860. The molecule has 29 heteroatoms. The van der Waals surface area contributed by atoms with Crippen LogP contribution in [0.3, 0.4) is 0 Å². The number of carbonyl (C=O) groups excluding carboxylic acids is 1. The van der Waals surface area contributed by atoms with Gasteiger partial charge in [0, 0.05) is 6.07 Å². The number of nitrogens with two attached hydrogens (primary N) is 2. The van der Waals surface area contributed by atoms with E-state index in [1.165, 1.54) is 29.1 Å². The van der Waals surface area contributed by atoms with Crippen molar-refractivity contribution in [2.45, 2.75) is 49.1 Å². The van der Waals surface area contributed by atoms with Crippen LogP contribution in [0.4, 0.5) is 5.82 Å². The number of primary amides is 1. The molecule has 11 N–H and O–H groups in total. The van der Waals surface area contributed by atoms with Gasteiger partial charge in [0.1, 0.15) is 47.9 Å². The van der Waals surface area contributed by atoms with Crippen LogP contribution < -0.4 is 16.0 Å². The zero-order valence-corrected chi connectivity index (χ0v) is 26.6. The van der Waals surface area contributed by atoms with Crippen LogP contribution in [-0.2, 0) is 41.1 Å². The van der Waals surface area contributed by atoms with Crippen LogP contribution in [-0.4, -0.2) is 169 Å². The summed E-state index contributed by atoms with van der Waals surface area (Å²) in [5.74, 6) is -0.848. The number of anilines is 1. The summed E-state index contributed by atoms with van der Waals surface area (Å²) in [6, 6.07) is 2.79. The average molecular weight is 792 g/mol. The van der Waals surface area contributed by atoms with Gasteiger partial charge in [0.2, 0.25) is 0 Å². The number of pyridine rings is 1. The second-order valence-corrected chi connectivity index (χ2v) is 14.5. The molecular formula is C21H31N7Na2O17P3+. The Morgan fingerprint density at radius 2 is 1.56 bits per heavy atom. The summed E-state index contributed by atoms with van der Waals surface area (Å²) in [6.45, 7) is -2.03. The Balaban J connectivity index is 0.00000338. The maximum absolute atomic E-state index is 12.6. The molecule has 2 unspecified atom stereocenters. The molecule has 1 amide bonds. The quantitative estimate of drug-likeness (QED) is 0.0450. The maximum atomic E-state index is 12.6. The van der Waals surface area contributed by atoms with Gasteiger partial charge in [-0.25, -0.2) is 28.6 Å². The molecule has 3 aromatic rings. The van der Waals surface area contributed by atoms with Gasteiger partial charge in [0.25, 0.3) is 12.1 Å². The van der Waals surface area contributed by atoms with Gasteiger partial charge in [-0.1, -0.05) is 0 Å². The van der Waals surface area contributed by atoms with Gasteiger partial charge in [-0.15, -0.1) is 0 Å². The van der Waals surface area contributed by atoms with Gasteiger partial charge in [0.05, 0.1) is 19.5 Å². The number of hydrogen-bond donors (Lipinski definition) is 9. The molecule has 10 atom stereocenters. The van der Waals surface area contributed by atoms with E-state index in [-0.39, 0.29) is 81.7 Å². The normalized spacial score (nSPS) is 29.1. The predicted octanol–water partition coefficient (Wildman–Crippen LogP) is -4.20. The molecule has 0 bridgehead atoms. The van der Waals surface area contributed by atoms with Gasteiger partial charge in [0.15, 0.2) is 36.2 Å². The molecule has 2 saturated heterocycles. The molecule has 5 rings (SSSR count). The molecule has 2 fully saturated rings. The van der Waals surface area contributed by atoms with Crippen LogP contribution in [0, 0.1) is 0 Å². The Morgan fingerprint density at radius 3 is 2.16 bits per heavy atom. The van der Waals surface area contributed by atoms with E-state index < -0.39 is 91.7 Å². The van der Waals surface area contributed by atoms with E-state index >= 15 is 0 Å². The number of phosphoric ester groups is 3. The number of nitrogen functional groups attached to an aromatic ring is 1. The van der Waals surface area contributed by atoms with Gasteiger partial charge in [-0.3, -0.25) is 22.9 Å². The number of phosphoric acid groups is 3. The molecule has 0 spiro atoms. The van der Waals surface area contributed by atoms with Crippen molar-refractivity contribution in [3.63, 3.8) is 0 Å². The molecule has 0 aromatic carbocycles. The first-order chi connectivity index (χ1) is 22.4. The number of aliphatic hydroxyl groups is 3. The van der Waals surface area contributed by atoms with Crippen molar-refractivity contribution < 1.29 is 85.3 Å². The topological polar surface area (TPSA) is 365 Å². The number of hydrogen-bond acceptors (Lipinski definition) is 17. The van der Waals surface area contributed by atoms with E-state index in [0.717, 1.165) is 17.2 Å². The molecule has 3 aromatic heterocycles. The van der Waals surface area contributed by atoms with Crippen LogP contribution >= 0.6 is 23.5 Å². The van der Waals surface area contributed by atoms with Crippen molar-refractivity contribution in [2.75, 3.05) is 18.9 Å². The molecule has 5 heterocycles. The predicted molar refractivity (Wildman–Crippen MR) is 165 cm³/mol. The van der Waals surface area contributed by atoms with E-state index in [2.05, 4.69) is 23.8 Å². The molecule has 2 aliphatic heterocycles. The zero-order chi connectivity index (χ0) is 35.2. The number of amides is 1. The average Bonchev–Trinajstić information content (AvgIpc) is 3.64. The van der Waals surface area contributed by atoms with Crippen LogP contribution in [0.2, 0.25) is 0 Å². The number of carbonyl (C=O) groups is 1. The number of imidazole rings is 1. The number of rotatable bonds is 13. The molecule has 268 valence electrons. The van der Waals surface area contributed by atoms with Crippen molar-refractivity contribution in [1.82, 2.24) is 19.5 Å². The summed E-state index contributed by atoms with van der Waals surface area (Å²) in [5.41, 5.74) is 11.1. The van der Waals surface area contributed by atoms with Crippen molar-refractivity contribution in [1.29, 1.82) is 0 Å². The van der Waals surface area contributed by atoms with Crippen LogP contribution in [0.5, 0.6) is 0 Å². The molecule has 0 radical (unpaired) electrons. The summed E-state index contributed by atoms with van der Waals surface area (Å²) in [5, 5.41) is 31.5. The molecular weight excluding hydrogens is 761 g/mol. The molecule has 0 aliphatic carbocycles. The number of fused-ring (bicyclic) bond motifs is 1. The summed E-state index contributed by atoms with van der Waals surface area (Å²) >= 11 is 0. The molecule has 24 nitrogen and oxygen atoms in total. The summed E-state index contributed by atoms with van der Waals surface area (Å²) in [6.07, 6.45) is -8.39. The Kier molecular flexibility index (Phi) is 14.9. The van der Waals surface area contributed by atoms with Crippen LogP contribution in [0.25, 0.3) is 11.2 Å². The van der Waals surface area contributed by atoms with Gasteiger partial charge in [-0.05, 0) is 6.07 Å². The Morgan fingerprint density at radius 1 is 0.940 bits per heavy atom. The second-order valence-electron chi connectivity index (χ2n) is 10.3. The summed E-state index contributed by atoms with van der Waals surface area (Å²) in [7, 11) is -16.3. The zero-order valence-electron chi connectivity index (χ0n) is 23.9. The molecule has 0 saturated carbocycles. The fraction of sp³-hybridized carbons (Fsp3) is 0.476. The van der Waals surface area contributed by atoms with Crippen molar-refractivity contribution >= 4 is 105 Å². The first kappa shape index (κ1) is 43.5. The summed E-state index contributed by atoms with van der Waals surface area (Å²) < 4.78 is 68.4. The van der Waals surface area contributed by atoms with E-state index in [4.69, 9.17) is 30.0 Å². The monoisotopic (exact) mass is 792 g/mol. The second kappa shape index (κ2) is 17.1. The van der Waals surface area contributed by atoms with Crippen molar-refractivity contribution in [2.24, 2.45) is 5.73 Å². The first-order valence-corrected chi connectivity index (χ1v) is 17.9.